The first-order valence-corrected chi connectivity index (χ1v) is 11.3. The van der Waals surface area contributed by atoms with Crippen LogP contribution in [0.4, 0.5) is 5.82 Å². The number of hydrogen-bond acceptors (Lipinski definition) is 6. The fraction of sp³-hybridized carbons (Fsp3) is 0.280. The summed E-state index contributed by atoms with van der Waals surface area (Å²) >= 11 is 6.09. The van der Waals surface area contributed by atoms with Crippen molar-refractivity contribution < 1.29 is 9.90 Å². The van der Waals surface area contributed by atoms with Gasteiger partial charge in [0, 0.05) is 17.6 Å². The van der Waals surface area contributed by atoms with Gasteiger partial charge in [-0.1, -0.05) is 35.4 Å². The normalized spacial score (nSPS) is 14.4. The van der Waals surface area contributed by atoms with Crippen LogP contribution < -0.4 is 5.32 Å². The third kappa shape index (κ3) is 4.28. The molecule has 7 nitrogen and oxygen atoms in total. The number of aldehydes is 1. The van der Waals surface area contributed by atoms with Gasteiger partial charge >= 0.3 is 0 Å². The number of nitrogens with zero attached hydrogens (tertiary/aromatic N) is 4. The molecule has 4 aromatic rings. The van der Waals surface area contributed by atoms with E-state index in [0.29, 0.717) is 52.1 Å². The third-order valence-electron chi connectivity index (χ3n) is 6.07. The van der Waals surface area contributed by atoms with Gasteiger partial charge in [0.1, 0.15) is 17.1 Å². The molecule has 1 aliphatic carbocycles. The van der Waals surface area contributed by atoms with Crippen molar-refractivity contribution in [2.75, 3.05) is 5.32 Å². The van der Waals surface area contributed by atoms with Crippen LogP contribution >= 0.6 is 11.6 Å². The second-order valence-electron chi connectivity index (χ2n) is 8.66. The molecule has 2 N–H and O–H groups in total. The molecule has 2 heterocycles. The molecule has 0 aliphatic heterocycles. The highest BCUT2D eigenvalue weighted by Crippen LogP contribution is 2.37. The Kier molecular flexibility index (Phi) is 5.50. The van der Waals surface area contributed by atoms with Gasteiger partial charge in [-0.3, -0.25) is 4.79 Å². The van der Waals surface area contributed by atoms with Crippen LogP contribution in [0.25, 0.3) is 22.6 Å². The summed E-state index contributed by atoms with van der Waals surface area (Å²) in [4.78, 5) is 25.2. The fourth-order valence-corrected chi connectivity index (χ4v) is 4.22. The van der Waals surface area contributed by atoms with Crippen LogP contribution in [0.15, 0.2) is 42.5 Å². The largest absolute Gasteiger partial charge is 0.507 e. The lowest BCUT2D eigenvalue weighted by Crippen LogP contribution is -2.20. The minimum Gasteiger partial charge on any atom is -0.507 e. The molecule has 8 heteroatoms. The zero-order valence-corrected chi connectivity index (χ0v) is 19.2. The number of aromatic nitrogens is 4. The number of imidazole rings is 1. The fourth-order valence-electron chi connectivity index (χ4n) is 4.10. The van der Waals surface area contributed by atoms with Gasteiger partial charge in [-0.05, 0) is 62.4 Å². The van der Waals surface area contributed by atoms with Gasteiger partial charge in [-0.25, -0.2) is 15.0 Å². The molecule has 0 spiro atoms. The molecule has 1 aliphatic rings. The molecule has 1 atom stereocenters. The van der Waals surface area contributed by atoms with Crippen LogP contribution in [0.1, 0.15) is 41.5 Å². The lowest BCUT2D eigenvalue weighted by atomic mass is 10.1. The van der Waals surface area contributed by atoms with E-state index in [1.54, 1.807) is 6.07 Å². The lowest BCUT2D eigenvalue weighted by Gasteiger charge is -2.17. The Bertz CT molecular complexity index is 1350. The van der Waals surface area contributed by atoms with Crippen LogP contribution in [0.3, 0.4) is 0 Å². The molecule has 1 fully saturated rings. The maximum atomic E-state index is 11.6. The minimum atomic E-state index is 0.0733. The molecule has 1 unspecified atom stereocenters. The first-order chi connectivity index (χ1) is 15.9. The number of fused-ring (bicyclic) bond motifs is 1. The van der Waals surface area contributed by atoms with Crippen LogP contribution in [-0.2, 0) is 6.54 Å². The maximum Gasteiger partial charge on any atom is 0.196 e. The average Bonchev–Trinajstić information content (AvgIpc) is 3.59. The number of phenols is 1. The van der Waals surface area contributed by atoms with Gasteiger partial charge in [0.25, 0.3) is 0 Å². The summed E-state index contributed by atoms with van der Waals surface area (Å²) in [6, 6.07) is 13.2. The van der Waals surface area contributed by atoms with Crippen molar-refractivity contribution in [3.63, 3.8) is 0 Å². The summed E-state index contributed by atoms with van der Waals surface area (Å²) in [6.07, 6.45) is 2.99. The zero-order chi connectivity index (χ0) is 23.1. The van der Waals surface area contributed by atoms with Gasteiger partial charge in [-0.2, -0.15) is 0 Å². The topological polar surface area (TPSA) is 92.9 Å². The Morgan fingerprint density at radius 2 is 1.94 bits per heavy atom. The second kappa shape index (κ2) is 8.48. The Morgan fingerprint density at radius 3 is 2.64 bits per heavy atom. The number of aromatic hydroxyl groups is 1. The molecule has 168 valence electrons. The Balaban J connectivity index is 1.74. The number of rotatable bonds is 7. The Morgan fingerprint density at radius 1 is 1.18 bits per heavy atom. The third-order valence-corrected chi connectivity index (χ3v) is 6.32. The van der Waals surface area contributed by atoms with E-state index < -0.39 is 0 Å². The highest BCUT2D eigenvalue weighted by Gasteiger charge is 2.30. The number of carbonyl (C=O) groups excluding carboxylic acids is 1. The average molecular weight is 462 g/mol. The molecule has 0 bridgehead atoms. The van der Waals surface area contributed by atoms with Crippen LogP contribution in [0, 0.1) is 12.8 Å². The van der Waals surface area contributed by atoms with Crippen molar-refractivity contribution in [1.29, 1.82) is 0 Å². The van der Waals surface area contributed by atoms with Crippen LogP contribution in [0.2, 0.25) is 5.02 Å². The van der Waals surface area contributed by atoms with E-state index in [1.807, 2.05) is 47.9 Å². The van der Waals surface area contributed by atoms with E-state index >= 15 is 0 Å². The number of benzene rings is 2. The first-order valence-electron chi connectivity index (χ1n) is 11.0. The standard InChI is InChI=1S/C25H24ClN5O2/c1-14-3-10-20(33)19(11-14)25-30-24-22(31(25)12-16-4-8-18(26)9-5-16)23(28-21(13-32)29-24)27-15(2)17-6-7-17/h3-5,8-11,13,15,17,33H,6-7,12H2,1-2H3,(H,27,28,29). The summed E-state index contributed by atoms with van der Waals surface area (Å²) in [7, 11) is 0. The van der Waals surface area contributed by atoms with Gasteiger partial charge < -0.3 is 15.0 Å². The number of halogens is 1. The van der Waals surface area contributed by atoms with Crippen LogP contribution in [0.5, 0.6) is 5.75 Å². The monoisotopic (exact) mass is 461 g/mol. The van der Waals surface area contributed by atoms with Crippen molar-refractivity contribution in [3.05, 3.63) is 64.4 Å². The number of anilines is 1. The van der Waals surface area contributed by atoms with Crippen LogP contribution in [-0.4, -0.2) is 37.0 Å². The molecular weight excluding hydrogens is 438 g/mol. The highest BCUT2D eigenvalue weighted by atomic mass is 35.5. The van der Waals surface area contributed by atoms with Gasteiger partial charge in [-0.15, -0.1) is 0 Å². The van der Waals surface area contributed by atoms with Crippen molar-refractivity contribution in [1.82, 2.24) is 19.5 Å². The van der Waals surface area contributed by atoms with E-state index in [0.717, 1.165) is 11.1 Å². The smallest absolute Gasteiger partial charge is 0.196 e. The number of nitrogens with one attached hydrogen (secondary N) is 1. The predicted octanol–water partition coefficient (Wildman–Crippen LogP) is 5.23. The zero-order valence-electron chi connectivity index (χ0n) is 18.4. The Labute approximate surface area is 196 Å². The summed E-state index contributed by atoms with van der Waals surface area (Å²) in [5.41, 5.74) is 3.69. The lowest BCUT2D eigenvalue weighted by molar-refractivity contribution is 0.111. The van der Waals surface area contributed by atoms with Crippen molar-refractivity contribution in [2.45, 2.75) is 39.3 Å². The van der Waals surface area contributed by atoms with E-state index in [2.05, 4.69) is 22.2 Å². The predicted molar refractivity (Wildman–Crippen MR) is 129 cm³/mol. The summed E-state index contributed by atoms with van der Waals surface area (Å²) in [5.74, 6) is 1.91. The maximum absolute atomic E-state index is 11.6. The van der Waals surface area contributed by atoms with E-state index in [4.69, 9.17) is 16.6 Å². The number of hydrogen-bond donors (Lipinski definition) is 2. The molecule has 0 saturated heterocycles. The number of phenolic OH excluding ortho intramolecular Hbond substituents is 1. The number of aryl methyl sites for hydroxylation is 1. The molecular formula is C25H24ClN5O2. The summed E-state index contributed by atoms with van der Waals surface area (Å²) in [6.45, 7) is 4.55. The first kappa shape index (κ1) is 21.4. The van der Waals surface area contributed by atoms with Gasteiger partial charge in [0.15, 0.2) is 23.6 Å². The quantitative estimate of drug-likeness (QED) is 0.366. The molecule has 5 rings (SSSR count). The van der Waals surface area contributed by atoms with E-state index in [-0.39, 0.29) is 17.6 Å². The molecule has 0 radical (unpaired) electrons. The van der Waals surface area contributed by atoms with Crippen molar-refractivity contribution >= 4 is 34.9 Å². The van der Waals surface area contributed by atoms with Gasteiger partial charge in [0.2, 0.25) is 0 Å². The van der Waals surface area contributed by atoms with Crippen molar-refractivity contribution in [2.24, 2.45) is 5.92 Å². The molecule has 0 amide bonds. The van der Waals surface area contributed by atoms with Gasteiger partial charge in [0.05, 0.1) is 5.56 Å². The van der Waals surface area contributed by atoms with Crippen molar-refractivity contribution in [3.8, 4) is 17.1 Å². The Hall–Kier alpha value is -3.45. The van der Waals surface area contributed by atoms with E-state index in [9.17, 15) is 9.90 Å². The highest BCUT2D eigenvalue weighted by molar-refractivity contribution is 6.30. The summed E-state index contributed by atoms with van der Waals surface area (Å²) < 4.78 is 1.99. The SMILES string of the molecule is Cc1ccc(O)c(-c2nc3nc(C=O)nc(NC(C)C4CC4)c3n2Cc2ccc(Cl)cc2)c1. The minimum absolute atomic E-state index is 0.0733. The molecule has 2 aromatic heterocycles. The second-order valence-corrected chi connectivity index (χ2v) is 9.10. The number of carbonyl (C=O) groups is 1. The molecule has 2 aromatic carbocycles. The van der Waals surface area contributed by atoms with E-state index in [1.165, 1.54) is 12.8 Å². The molecule has 1 saturated carbocycles. The summed E-state index contributed by atoms with van der Waals surface area (Å²) in [5, 5.41) is 14.8. The molecule has 33 heavy (non-hydrogen) atoms.